The van der Waals surface area contributed by atoms with E-state index in [2.05, 4.69) is 55.3 Å². The number of likely N-dealkylation sites (tertiary alicyclic amines) is 2. The SMILES string of the molecule is COC(=O)[C@H](CC(C)C)NC(=O)N1CCC2(CC1)CN(C(C)C)C2c1ccc(C)cc1. The van der Waals surface area contributed by atoms with Crippen LogP contribution in [0.25, 0.3) is 0 Å². The molecule has 1 N–H and O–H groups in total. The zero-order valence-corrected chi connectivity index (χ0v) is 20.0. The molecule has 1 unspecified atom stereocenters. The highest BCUT2D eigenvalue weighted by Gasteiger charge is 2.54. The number of ether oxygens (including phenoxy) is 1. The summed E-state index contributed by atoms with van der Waals surface area (Å²) in [7, 11) is 1.37. The van der Waals surface area contributed by atoms with Gasteiger partial charge in [0.05, 0.1) is 7.11 Å². The average Bonchev–Trinajstić information content (AvgIpc) is 2.72. The number of nitrogens with zero attached hydrogens (tertiary/aromatic N) is 2. The number of urea groups is 1. The van der Waals surface area contributed by atoms with Crippen LogP contribution >= 0.6 is 0 Å². The van der Waals surface area contributed by atoms with Crippen LogP contribution in [0, 0.1) is 18.3 Å². The van der Waals surface area contributed by atoms with Gasteiger partial charge in [0.1, 0.15) is 6.04 Å². The highest BCUT2D eigenvalue weighted by molar-refractivity contribution is 5.83. The Morgan fingerprint density at radius 1 is 1.13 bits per heavy atom. The van der Waals surface area contributed by atoms with E-state index in [-0.39, 0.29) is 17.4 Å². The first-order valence-electron chi connectivity index (χ1n) is 11.6. The summed E-state index contributed by atoms with van der Waals surface area (Å²) in [4.78, 5) is 29.4. The second-order valence-electron chi connectivity index (χ2n) is 10.1. The maximum atomic E-state index is 12.9. The van der Waals surface area contributed by atoms with Crippen LogP contribution in [0.4, 0.5) is 4.79 Å². The molecule has 2 atom stereocenters. The van der Waals surface area contributed by atoms with Crippen molar-refractivity contribution in [3.63, 3.8) is 0 Å². The molecule has 6 heteroatoms. The number of esters is 1. The molecular formula is C25H39N3O3. The van der Waals surface area contributed by atoms with E-state index in [4.69, 9.17) is 4.74 Å². The van der Waals surface area contributed by atoms with Crippen LogP contribution in [0.15, 0.2) is 24.3 Å². The third-order valence-electron chi connectivity index (χ3n) is 7.00. The van der Waals surface area contributed by atoms with E-state index in [0.717, 1.165) is 32.5 Å². The van der Waals surface area contributed by atoms with Crippen molar-refractivity contribution >= 4 is 12.0 Å². The van der Waals surface area contributed by atoms with Gasteiger partial charge in [-0.2, -0.15) is 0 Å². The molecule has 0 aromatic heterocycles. The van der Waals surface area contributed by atoms with E-state index in [1.54, 1.807) is 0 Å². The highest BCUT2D eigenvalue weighted by Crippen LogP contribution is 2.55. The lowest BCUT2D eigenvalue weighted by Crippen LogP contribution is -2.64. The Kier molecular flexibility index (Phi) is 7.30. The van der Waals surface area contributed by atoms with Gasteiger partial charge >= 0.3 is 12.0 Å². The van der Waals surface area contributed by atoms with Crippen molar-refractivity contribution in [2.75, 3.05) is 26.7 Å². The molecule has 0 bridgehead atoms. The molecule has 31 heavy (non-hydrogen) atoms. The second-order valence-corrected chi connectivity index (χ2v) is 10.1. The van der Waals surface area contributed by atoms with Crippen LogP contribution in [0.1, 0.15) is 64.1 Å². The summed E-state index contributed by atoms with van der Waals surface area (Å²) in [6.45, 7) is 13.2. The third kappa shape index (κ3) is 5.05. The van der Waals surface area contributed by atoms with Gasteiger partial charge in [0.2, 0.25) is 0 Å². The number of benzene rings is 1. The van der Waals surface area contributed by atoms with Crippen LogP contribution in [-0.4, -0.2) is 60.6 Å². The first-order valence-corrected chi connectivity index (χ1v) is 11.6. The normalized spacial score (nSPS) is 21.8. The molecule has 2 aliphatic rings. The van der Waals surface area contributed by atoms with Crippen LogP contribution in [0.5, 0.6) is 0 Å². The molecule has 3 rings (SSSR count). The van der Waals surface area contributed by atoms with Crippen molar-refractivity contribution < 1.29 is 14.3 Å². The van der Waals surface area contributed by atoms with Gasteiger partial charge in [0.15, 0.2) is 0 Å². The molecule has 2 amide bonds. The summed E-state index contributed by atoms with van der Waals surface area (Å²) in [6, 6.07) is 9.09. The zero-order chi connectivity index (χ0) is 22.8. The number of carbonyl (C=O) groups is 2. The molecule has 2 fully saturated rings. The van der Waals surface area contributed by atoms with Crippen LogP contribution in [-0.2, 0) is 9.53 Å². The fraction of sp³-hybridized carbons (Fsp3) is 0.680. The Hall–Kier alpha value is -2.08. The standard InChI is InChI=1S/C25H39N3O3/c1-17(2)15-21(23(29)31-6)26-24(30)27-13-11-25(12-14-27)16-28(18(3)4)22(25)20-9-7-19(5)8-10-20/h7-10,17-18,21-22H,11-16H2,1-6H3,(H,26,30)/t21-,22?/m0/s1. The molecule has 0 radical (unpaired) electrons. The minimum absolute atomic E-state index is 0.155. The van der Waals surface area contributed by atoms with Crippen LogP contribution < -0.4 is 5.32 Å². The van der Waals surface area contributed by atoms with E-state index in [9.17, 15) is 9.59 Å². The number of amides is 2. The van der Waals surface area contributed by atoms with E-state index in [1.807, 2.05) is 18.7 Å². The lowest BCUT2D eigenvalue weighted by molar-refractivity contribution is -0.143. The van der Waals surface area contributed by atoms with Crippen molar-refractivity contribution in [1.82, 2.24) is 15.1 Å². The minimum Gasteiger partial charge on any atom is -0.467 e. The molecule has 0 saturated carbocycles. The van der Waals surface area contributed by atoms with Gasteiger partial charge in [0, 0.05) is 37.1 Å². The largest absolute Gasteiger partial charge is 0.467 e. The Morgan fingerprint density at radius 3 is 2.26 bits per heavy atom. The summed E-state index contributed by atoms with van der Waals surface area (Å²) in [5, 5.41) is 2.91. The van der Waals surface area contributed by atoms with Gasteiger partial charge < -0.3 is 15.0 Å². The summed E-state index contributed by atoms with van der Waals surface area (Å²) >= 11 is 0. The molecule has 0 aliphatic carbocycles. The van der Waals surface area contributed by atoms with Crippen molar-refractivity contribution in [2.45, 2.75) is 72.0 Å². The fourth-order valence-corrected chi connectivity index (χ4v) is 5.21. The molecule has 6 nitrogen and oxygen atoms in total. The Balaban J connectivity index is 1.66. The van der Waals surface area contributed by atoms with E-state index in [0.29, 0.717) is 24.4 Å². The Morgan fingerprint density at radius 2 is 1.74 bits per heavy atom. The maximum Gasteiger partial charge on any atom is 0.328 e. The number of hydrogen-bond acceptors (Lipinski definition) is 4. The molecule has 2 heterocycles. The van der Waals surface area contributed by atoms with E-state index in [1.165, 1.54) is 18.2 Å². The third-order valence-corrected chi connectivity index (χ3v) is 7.00. The summed E-state index contributed by atoms with van der Waals surface area (Å²) < 4.78 is 4.89. The number of methoxy groups -OCH3 is 1. The number of rotatable bonds is 6. The number of nitrogens with one attached hydrogen (secondary N) is 1. The Bertz CT molecular complexity index is 767. The average molecular weight is 430 g/mol. The number of hydrogen-bond donors (Lipinski definition) is 1. The zero-order valence-electron chi connectivity index (χ0n) is 20.0. The highest BCUT2D eigenvalue weighted by atomic mass is 16.5. The van der Waals surface area contributed by atoms with Crippen molar-refractivity contribution in [2.24, 2.45) is 11.3 Å². The van der Waals surface area contributed by atoms with Crippen molar-refractivity contribution in [3.05, 3.63) is 35.4 Å². The predicted octanol–water partition coefficient (Wildman–Crippen LogP) is 4.14. The van der Waals surface area contributed by atoms with Crippen LogP contribution in [0.3, 0.4) is 0 Å². The fourth-order valence-electron chi connectivity index (χ4n) is 5.21. The van der Waals surface area contributed by atoms with Gasteiger partial charge in [-0.1, -0.05) is 43.7 Å². The maximum absolute atomic E-state index is 12.9. The monoisotopic (exact) mass is 429 g/mol. The molecule has 1 spiro atoms. The van der Waals surface area contributed by atoms with Crippen molar-refractivity contribution in [3.8, 4) is 0 Å². The number of aryl methyl sites for hydroxylation is 1. The smallest absolute Gasteiger partial charge is 0.328 e. The van der Waals surface area contributed by atoms with Gasteiger partial charge in [-0.05, 0) is 51.5 Å². The lowest BCUT2D eigenvalue weighted by Gasteiger charge is -2.62. The van der Waals surface area contributed by atoms with Gasteiger partial charge in [-0.3, -0.25) is 4.90 Å². The van der Waals surface area contributed by atoms with Gasteiger partial charge in [0.25, 0.3) is 0 Å². The molecule has 1 aromatic carbocycles. The minimum atomic E-state index is -0.589. The molecule has 2 saturated heterocycles. The summed E-state index contributed by atoms with van der Waals surface area (Å²) in [6.07, 6.45) is 2.54. The molecule has 2 aliphatic heterocycles. The first-order chi connectivity index (χ1) is 14.7. The van der Waals surface area contributed by atoms with E-state index < -0.39 is 6.04 Å². The topological polar surface area (TPSA) is 61.9 Å². The quantitative estimate of drug-likeness (QED) is 0.691. The van der Waals surface area contributed by atoms with Crippen molar-refractivity contribution in [1.29, 1.82) is 0 Å². The molecular weight excluding hydrogens is 390 g/mol. The molecule has 1 aromatic rings. The lowest BCUT2D eigenvalue weighted by atomic mass is 9.62. The summed E-state index contributed by atoms with van der Waals surface area (Å²) in [5.41, 5.74) is 2.88. The predicted molar refractivity (Wildman–Crippen MR) is 123 cm³/mol. The van der Waals surface area contributed by atoms with E-state index >= 15 is 0 Å². The second kappa shape index (κ2) is 9.60. The van der Waals surface area contributed by atoms with Gasteiger partial charge in [-0.15, -0.1) is 0 Å². The van der Waals surface area contributed by atoms with Crippen LogP contribution in [0.2, 0.25) is 0 Å². The molecule has 172 valence electrons. The number of piperidine rings is 1. The number of carbonyl (C=O) groups excluding carboxylic acids is 2. The summed E-state index contributed by atoms with van der Waals surface area (Å²) in [5.74, 6) is -0.0807. The Labute approximate surface area is 187 Å². The van der Waals surface area contributed by atoms with Gasteiger partial charge in [-0.25, -0.2) is 9.59 Å². The first kappa shape index (κ1) is 23.6.